The Hall–Kier alpha value is -2.59. The summed E-state index contributed by atoms with van der Waals surface area (Å²) in [4.78, 5) is 16.4. The number of thiazole rings is 1. The van der Waals surface area contributed by atoms with Crippen LogP contribution in [0.15, 0.2) is 47.8 Å². The van der Waals surface area contributed by atoms with Gasteiger partial charge in [0.15, 0.2) is 11.7 Å². The number of nitriles is 1. The second-order valence-corrected chi connectivity index (χ2v) is 6.84. The first kappa shape index (κ1) is 18.2. The van der Waals surface area contributed by atoms with Crippen LogP contribution in [0.1, 0.15) is 5.56 Å². The van der Waals surface area contributed by atoms with E-state index in [0.29, 0.717) is 37.7 Å². The molecule has 0 saturated heterocycles. The molecule has 0 atom stereocenters. The number of aromatic nitrogens is 1. The summed E-state index contributed by atoms with van der Waals surface area (Å²) in [7, 11) is 0. The highest BCUT2D eigenvalue weighted by atomic mass is 35.5. The van der Waals surface area contributed by atoms with Gasteiger partial charge < -0.3 is 4.74 Å². The van der Waals surface area contributed by atoms with Crippen molar-refractivity contribution >= 4 is 45.6 Å². The van der Waals surface area contributed by atoms with Crippen molar-refractivity contribution in [3.63, 3.8) is 0 Å². The lowest BCUT2D eigenvalue weighted by atomic mass is 10.2. The number of halogens is 2. The SMILES string of the molecule is N#Cc1ccc(OCC(=O)Nc2nc(-c3cc(Cl)ccc3Cl)cs2)cc1. The zero-order chi connectivity index (χ0) is 18.5. The molecule has 0 unspecified atom stereocenters. The van der Waals surface area contributed by atoms with E-state index in [1.165, 1.54) is 11.3 Å². The van der Waals surface area contributed by atoms with Crippen LogP contribution < -0.4 is 10.1 Å². The first-order valence-corrected chi connectivity index (χ1v) is 9.02. The summed E-state index contributed by atoms with van der Waals surface area (Å²) in [6, 6.07) is 13.6. The molecule has 0 aliphatic rings. The summed E-state index contributed by atoms with van der Waals surface area (Å²) >= 11 is 13.4. The number of hydrogen-bond donors (Lipinski definition) is 1. The Balaban J connectivity index is 1.60. The molecular weight excluding hydrogens is 393 g/mol. The average molecular weight is 404 g/mol. The number of nitrogens with zero attached hydrogens (tertiary/aromatic N) is 2. The molecule has 0 fully saturated rings. The maximum atomic E-state index is 12.0. The fraction of sp³-hybridized carbons (Fsp3) is 0.0556. The highest BCUT2D eigenvalue weighted by molar-refractivity contribution is 7.14. The van der Waals surface area contributed by atoms with E-state index in [4.69, 9.17) is 33.2 Å². The molecule has 0 saturated carbocycles. The Morgan fingerprint density at radius 2 is 2.00 bits per heavy atom. The molecule has 130 valence electrons. The summed E-state index contributed by atoms with van der Waals surface area (Å²) in [6.45, 7) is -0.168. The molecule has 0 bridgehead atoms. The zero-order valence-electron chi connectivity index (χ0n) is 13.2. The smallest absolute Gasteiger partial charge is 0.264 e. The monoisotopic (exact) mass is 403 g/mol. The summed E-state index contributed by atoms with van der Waals surface area (Å²) in [5.41, 5.74) is 1.85. The molecule has 1 heterocycles. The van der Waals surface area contributed by atoms with Crippen molar-refractivity contribution in [2.45, 2.75) is 0 Å². The zero-order valence-corrected chi connectivity index (χ0v) is 15.5. The predicted octanol–water partition coefficient (Wildman–Crippen LogP) is 5.01. The van der Waals surface area contributed by atoms with Crippen molar-refractivity contribution in [1.29, 1.82) is 5.26 Å². The van der Waals surface area contributed by atoms with Gasteiger partial charge in [-0.1, -0.05) is 23.2 Å². The molecule has 3 rings (SSSR count). The second kappa shape index (κ2) is 8.19. The van der Waals surface area contributed by atoms with Crippen LogP contribution in [-0.2, 0) is 4.79 Å². The number of hydrogen-bond acceptors (Lipinski definition) is 5. The van der Waals surface area contributed by atoms with Crippen LogP contribution in [0.4, 0.5) is 5.13 Å². The van der Waals surface area contributed by atoms with Crippen molar-refractivity contribution in [1.82, 2.24) is 4.98 Å². The summed E-state index contributed by atoms with van der Waals surface area (Å²) < 4.78 is 5.38. The molecule has 1 N–H and O–H groups in total. The highest BCUT2D eigenvalue weighted by Gasteiger charge is 2.11. The Kier molecular flexibility index (Phi) is 5.74. The lowest BCUT2D eigenvalue weighted by molar-refractivity contribution is -0.118. The number of rotatable bonds is 5. The standard InChI is InChI=1S/C18H11Cl2N3O2S/c19-12-3-6-15(20)14(7-12)16-10-26-18(22-16)23-17(24)9-25-13-4-1-11(8-21)2-5-13/h1-7,10H,9H2,(H,22,23,24). The van der Waals surface area contributed by atoms with Crippen LogP contribution in [0, 0.1) is 11.3 Å². The predicted molar refractivity (Wildman–Crippen MR) is 103 cm³/mol. The van der Waals surface area contributed by atoms with Gasteiger partial charge in [-0.2, -0.15) is 5.26 Å². The van der Waals surface area contributed by atoms with Gasteiger partial charge in [0.25, 0.3) is 5.91 Å². The van der Waals surface area contributed by atoms with E-state index in [0.717, 1.165) is 0 Å². The molecule has 0 spiro atoms. The number of anilines is 1. The van der Waals surface area contributed by atoms with Crippen LogP contribution in [0.2, 0.25) is 10.0 Å². The lowest BCUT2D eigenvalue weighted by Gasteiger charge is -2.05. The number of carbonyl (C=O) groups excluding carboxylic acids is 1. The van der Waals surface area contributed by atoms with Gasteiger partial charge in [0.05, 0.1) is 22.3 Å². The Morgan fingerprint density at radius 3 is 2.73 bits per heavy atom. The molecule has 8 heteroatoms. The minimum atomic E-state index is -0.340. The first-order chi connectivity index (χ1) is 12.5. The van der Waals surface area contributed by atoms with Crippen LogP contribution in [0.3, 0.4) is 0 Å². The molecule has 2 aromatic carbocycles. The minimum Gasteiger partial charge on any atom is -0.484 e. The molecule has 1 amide bonds. The van der Waals surface area contributed by atoms with Gasteiger partial charge in [-0.25, -0.2) is 4.98 Å². The minimum absolute atomic E-state index is 0.168. The molecule has 0 aliphatic heterocycles. The third-order valence-electron chi connectivity index (χ3n) is 3.31. The van der Waals surface area contributed by atoms with E-state index in [9.17, 15) is 4.79 Å². The summed E-state index contributed by atoms with van der Waals surface area (Å²) in [6.07, 6.45) is 0. The third-order valence-corrected chi connectivity index (χ3v) is 4.63. The van der Waals surface area contributed by atoms with Crippen molar-refractivity contribution in [2.75, 3.05) is 11.9 Å². The second-order valence-electron chi connectivity index (χ2n) is 5.14. The average Bonchev–Trinajstić information content (AvgIpc) is 3.10. The molecule has 1 aromatic heterocycles. The number of nitrogens with one attached hydrogen (secondary N) is 1. The van der Waals surface area contributed by atoms with Crippen LogP contribution in [-0.4, -0.2) is 17.5 Å². The normalized spacial score (nSPS) is 10.2. The summed E-state index contributed by atoms with van der Waals surface area (Å²) in [5, 5.41) is 14.7. The number of benzene rings is 2. The topological polar surface area (TPSA) is 75.0 Å². The van der Waals surface area contributed by atoms with Gasteiger partial charge in [-0.05, 0) is 42.5 Å². The van der Waals surface area contributed by atoms with E-state index < -0.39 is 0 Å². The number of ether oxygens (including phenoxy) is 1. The van der Waals surface area contributed by atoms with Gasteiger partial charge in [-0.3, -0.25) is 10.1 Å². The van der Waals surface area contributed by atoms with Gasteiger partial charge >= 0.3 is 0 Å². The van der Waals surface area contributed by atoms with Gasteiger partial charge in [0.2, 0.25) is 0 Å². The molecule has 5 nitrogen and oxygen atoms in total. The molecule has 0 aliphatic carbocycles. The van der Waals surface area contributed by atoms with Crippen LogP contribution in [0.25, 0.3) is 11.3 Å². The summed E-state index contributed by atoms with van der Waals surface area (Å²) in [5.74, 6) is 0.164. The van der Waals surface area contributed by atoms with Crippen molar-refractivity contribution in [3.05, 3.63) is 63.5 Å². The first-order valence-electron chi connectivity index (χ1n) is 7.39. The number of amides is 1. The van der Waals surface area contributed by atoms with Crippen molar-refractivity contribution in [2.24, 2.45) is 0 Å². The molecule has 0 radical (unpaired) electrons. The van der Waals surface area contributed by atoms with Gasteiger partial charge in [-0.15, -0.1) is 11.3 Å². The van der Waals surface area contributed by atoms with Crippen molar-refractivity contribution < 1.29 is 9.53 Å². The fourth-order valence-electron chi connectivity index (χ4n) is 2.08. The van der Waals surface area contributed by atoms with E-state index in [-0.39, 0.29) is 12.5 Å². The van der Waals surface area contributed by atoms with Crippen LogP contribution in [0.5, 0.6) is 5.75 Å². The molecule has 3 aromatic rings. The van der Waals surface area contributed by atoms with E-state index in [1.807, 2.05) is 6.07 Å². The van der Waals surface area contributed by atoms with Crippen LogP contribution >= 0.6 is 34.5 Å². The van der Waals surface area contributed by atoms with Gasteiger partial charge in [0.1, 0.15) is 5.75 Å². The Morgan fingerprint density at radius 1 is 1.23 bits per heavy atom. The molecule has 26 heavy (non-hydrogen) atoms. The quantitative estimate of drug-likeness (QED) is 0.649. The maximum absolute atomic E-state index is 12.0. The van der Waals surface area contributed by atoms with E-state index >= 15 is 0 Å². The fourth-order valence-corrected chi connectivity index (χ4v) is 3.19. The van der Waals surface area contributed by atoms with Crippen molar-refractivity contribution in [3.8, 4) is 23.1 Å². The van der Waals surface area contributed by atoms with E-state index in [1.54, 1.807) is 47.8 Å². The lowest BCUT2D eigenvalue weighted by Crippen LogP contribution is -2.20. The number of carbonyl (C=O) groups is 1. The Labute approximate surface area is 163 Å². The maximum Gasteiger partial charge on any atom is 0.264 e. The van der Waals surface area contributed by atoms with E-state index in [2.05, 4.69) is 10.3 Å². The Bertz CT molecular complexity index is 981. The highest BCUT2D eigenvalue weighted by Crippen LogP contribution is 2.32. The van der Waals surface area contributed by atoms with Gasteiger partial charge in [0, 0.05) is 16.0 Å². The third kappa shape index (κ3) is 4.52. The largest absolute Gasteiger partial charge is 0.484 e. The molecular formula is C18H11Cl2N3O2S.